The minimum Gasteiger partial charge on any atom is -0.478 e. The van der Waals surface area contributed by atoms with Gasteiger partial charge in [0, 0.05) is 4.88 Å². The average Bonchev–Trinajstić information content (AvgIpc) is 3.04. The molecule has 134 valence electrons. The molecule has 0 unspecified atom stereocenters. The predicted octanol–water partition coefficient (Wildman–Crippen LogP) is 4.35. The highest BCUT2D eigenvalue weighted by Crippen LogP contribution is 2.29. The molecule has 1 heterocycles. The molecule has 0 radical (unpaired) electrons. The van der Waals surface area contributed by atoms with Gasteiger partial charge in [-0.1, -0.05) is 18.2 Å². The fraction of sp³-hybridized carbons (Fsp3) is 0.0556. The molecule has 0 aliphatic carbocycles. The van der Waals surface area contributed by atoms with Crippen LogP contribution in [0.15, 0.2) is 64.9 Å². The fourth-order valence-corrected chi connectivity index (χ4v) is 4.59. The third kappa shape index (κ3) is 4.04. The summed E-state index contributed by atoms with van der Waals surface area (Å²) in [6, 6.07) is 16.2. The first-order valence-electron chi connectivity index (χ1n) is 7.55. The fourth-order valence-electron chi connectivity index (χ4n) is 2.23. The van der Waals surface area contributed by atoms with E-state index in [1.165, 1.54) is 24.3 Å². The lowest BCUT2D eigenvalue weighted by atomic mass is 10.2. The summed E-state index contributed by atoms with van der Waals surface area (Å²) in [5, 5.41) is 9.44. The van der Waals surface area contributed by atoms with Gasteiger partial charge < -0.3 is 9.84 Å². The molecule has 0 fully saturated rings. The molecule has 3 rings (SSSR count). The number of carbonyl (C=O) groups is 1. The molecule has 0 saturated heterocycles. The van der Waals surface area contributed by atoms with Crippen molar-refractivity contribution in [2.75, 3.05) is 4.72 Å². The second-order valence-electron chi connectivity index (χ2n) is 5.40. The van der Waals surface area contributed by atoms with Crippen LogP contribution in [-0.2, 0) is 10.0 Å². The standard InChI is InChI=1S/C18H15NO5S2/c1-12-7-10-17(25-12)26(22,23)19-16-9-8-14(11-15(16)18(20)21)24-13-5-3-2-4-6-13/h2-11,19H,1H3,(H,20,21). The van der Waals surface area contributed by atoms with Gasteiger partial charge in [-0.05, 0) is 49.4 Å². The van der Waals surface area contributed by atoms with E-state index in [0.29, 0.717) is 11.5 Å². The Kier molecular flexibility index (Phi) is 4.97. The van der Waals surface area contributed by atoms with Gasteiger partial charge in [0.1, 0.15) is 15.7 Å². The summed E-state index contributed by atoms with van der Waals surface area (Å²) >= 11 is 1.11. The number of sulfonamides is 1. The van der Waals surface area contributed by atoms with Gasteiger partial charge in [0.05, 0.1) is 11.3 Å². The quantitative estimate of drug-likeness (QED) is 0.654. The Labute approximate surface area is 154 Å². The molecule has 0 aliphatic rings. The molecule has 0 bridgehead atoms. The van der Waals surface area contributed by atoms with Crippen molar-refractivity contribution in [2.24, 2.45) is 0 Å². The zero-order valence-corrected chi connectivity index (χ0v) is 15.3. The monoisotopic (exact) mass is 389 g/mol. The Morgan fingerprint density at radius 3 is 2.38 bits per heavy atom. The molecular weight excluding hydrogens is 374 g/mol. The van der Waals surface area contributed by atoms with Crippen LogP contribution in [0.4, 0.5) is 5.69 Å². The Morgan fingerprint density at radius 2 is 1.77 bits per heavy atom. The summed E-state index contributed by atoms with van der Waals surface area (Å²) in [5.41, 5.74) is -0.223. The number of anilines is 1. The number of carboxylic acid groups (broad SMARTS) is 1. The van der Waals surface area contributed by atoms with Gasteiger partial charge in [-0.2, -0.15) is 0 Å². The van der Waals surface area contributed by atoms with Crippen LogP contribution in [0.5, 0.6) is 11.5 Å². The highest BCUT2D eigenvalue weighted by Gasteiger charge is 2.20. The molecule has 1 aromatic heterocycles. The van der Waals surface area contributed by atoms with Crippen molar-refractivity contribution >= 4 is 33.0 Å². The Hall–Kier alpha value is -2.84. The first-order chi connectivity index (χ1) is 12.3. The number of aryl methyl sites for hydroxylation is 1. The second-order valence-corrected chi connectivity index (χ2v) is 8.60. The van der Waals surface area contributed by atoms with Crippen molar-refractivity contribution in [1.29, 1.82) is 0 Å². The number of hydrogen-bond acceptors (Lipinski definition) is 5. The highest BCUT2D eigenvalue weighted by molar-refractivity contribution is 7.94. The molecule has 0 spiro atoms. The van der Waals surface area contributed by atoms with E-state index in [2.05, 4.69) is 4.72 Å². The molecular formula is C18H15NO5S2. The molecule has 2 aromatic carbocycles. The average molecular weight is 389 g/mol. The zero-order valence-electron chi connectivity index (χ0n) is 13.7. The second kappa shape index (κ2) is 7.19. The first-order valence-corrected chi connectivity index (χ1v) is 9.84. The number of para-hydroxylation sites is 1. The Balaban J connectivity index is 1.91. The summed E-state index contributed by atoms with van der Waals surface area (Å²) in [6.45, 7) is 1.79. The largest absolute Gasteiger partial charge is 0.478 e. The number of aromatic carboxylic acids is 1. The number of nitrogens with one attached hydrogen (secondary N) is 1. The van der Waals surface area contributed by atoms with Crippen molar-refractivity contribution in [3.8, 4) is 11.5 Å². The van der Waals surface area contributed by atoms with Crippen LogP contribution in [0.3, 0.4) is 0 Å². The molecule has 0 saturated carbocycles. The summed E-state index contributed by atoms with van der Waals surface area (Å²) in [4.78, 5) is 12.4. The van der Waals surface area contributed by atoms with Crippen LogP contribution in [0.1, 0.15) is 15.2 Å². The van der Waals surface area contributed by atoms with E-state index < -0.39 is 16.0 Å². The van der Waals surface area contributed by atoms with Gasteiger partial charge in [-0.3, -0.25) is 4.72 Å². The van der Waals surface area contributed by atoms with Crippen molar-refractivity contribution in [1.82, 2.24) is 0 Å². The third-order valence-electron chi connectivity index (χ3n) is 3.43. The van der Waals surface area contributed by atoms with Crippen LogP contribution in [0.25, 0.3) is 0 Å². The molecule has 0 aliphatic heterocycles. The van der Waals surface area contributed by atoms with E-state index >= 15 is 0 Å². The summed E-state index contributed by atoms with van der Waals surface area (Å²) in [6.07, 6.45) is 0. The Morgan fingerprint density at radius 1 is 1.04 bits per heavy atom. The van der Waals surface area contributed by atoms with Crippen LogP contribution < -0.4 is 9.46 Å². The lowest BCUT2D eigenvalue weighted by Crippen LogP contribution is -2.14. The van der Waals surface area contributed by atoms with Crippen molar-refractivity contribution < 1.29 is 23.1 Å². The topological polar surface area (TPSA) is 92.7 Å². The minimum absolute atomic E-state index is 0.0241. The molecule has 26 heavy (non-hydrogen) atoms. The van der Waals surface area contributed by atoms with E-state index in [4.69, 9.17) is 4.74 Å². The maximum atomic E-state index is 12.4. The smallest absolute Gasteiger partial charge is 0.337 e. The molecule has 8 heteroatoms. The van der Waals surface area contributed by atoms with Crippen molar-refractivity contribution in [3.05, 3.63) is 71.1 Å². The maximum absolute atomic E-state index is 12.4. The van der Waals surface area contributed by atoms with Crippen LogP contribution in [0.2, 0.25) is 0 Å². The maximum Gasteiger partial charge on any atom is 0.337 e. The third-order valence-corrected chi connectivity index (χ3v) is 6.28. The molecule has 3 aromatic rings. The first kappa shape index (κ1) is 18.0. The SMILES string of the molecule is Cc1ccc(S(=O)(=O)Nc2ccc(Oc3ccccc3)cc2C(=O)O)s1. The van der Waals surface area contributed by atoms with E-state index in [1.807, 2.05) is 6.07 Å². The number of hydrogen-bond donors (Lipinski definition) is 2. The van der Waals surface area contributed by atoms with Gasteiger partial charge in [0.2, 0.25) is 0 Å². The molecule has 6 nitrogen and oxygen atoms in total. The lowest BCUT2D eigenvalue weighted by Gasteiger charge is -2.12. The lowest BCUT2D eigenvalue weighted by molar-refractivity contribution is 0.0697. The normalized spacial score (nSPS) is 11.1. The summed E-state index contributed by atoms with van der Waals surface area (Å²) in [5.74, 6) is -0.418. The predicted molar refractivity (Wildman–Crippen MR) is 99.8 cm³/mol. The van der Waals surface area contributed by atoms with Crippen LogP contribution >= 0.6 is 11.3 Å². The van der Waals surface area contributed by atoms with E-state index in [1.54, 1.807) is 37.3 Å². The van der Waals surface area contributed by atoms with Gasteiger partial charge in [-0.25, -0.2) is 13.2 Å². The summed E-state index contributed by atoms with van der Waals surface area (Å²) in [7, 11) is -3.86. The number of ether oxygens (including phenoxy) is 1. The minimum atomic E-state index is -3.86. The van der Waals surface area contributed by atoms with E-state index in [9.17, 15) is 18.3 Å². The highest BCUT2D eigenvalue weighted by atomic mass is 32.2. The molecule has 2 N–H and O–H groups in total. The zero-order chi connectivity index (χ0) is 18.7. The van der Waals surface area contributed by atoms with Gasteiger partial charge >= 0.3 is 5.97 Å². The number of thiophene rings is 1. The van der Waals surface area contributed by atoms with E-state index in [-0.39, 0.29) is 15.5 Å². The van der Waals surface area contributed by atoms with Crippen molar-refractivity contribution in [3.63, 3.8) is 0 Å². The van der Waals surface area contributed by atoms with Gasteiger partial charge in [0.15, 0.2) is 0 Å². The number of carboxylic acids is 1. The van der Waals surface area contributed by atoms with Gasteiger partial charge in [0.25, 0.3) is 10.0 Å². The van der Waals surface area contributed by atoms with Crippen LogP contribution in [0, 0.1) is 6.92 Å². The van der Waals surface area contributed by atoms with E-state index in [0.717, 1.165) is 16.2 Å². The Bertz CT molecular complexity index is 1040. The number of benzene rings is 2. The molecule has 0 atom stereocenters. The number of rotatable bonds is 6. The van der Waals surface area contributed by atoms with Gasteiger partial charge in [-0.15, -0.1) is 11.3 Å². The molecule has 0 amide bonds. The van der Waals surface area contributed by atoms with Crippen LogP contribution in [-0.4, -0.2) is 19.5 Å². The van der Waals surface area contributed by atoms with Crippen molar-refractivity contribution in [2.45, 2.75) is 11.1 Å². The summed E-state index contributed by atoms with van der Waals surface area (Å²) < 4.78 is 32.9.